The van der Waals surface area contributed by atoms with Crippen LogP contribution in [0.3, 0.4) is 0 Å². The first-order valence-electron chi connectivity index (χ1n) is 11.0. The lowest BCUT2D eigenvalue weighted by Gasteiger charge is -2.26. The Hall–Kier alpha value is -2.59. The number of morpholine rings is 1. The third-order valence-corrected chi connectivity index (χ3v) is 9.09. The molecule has 2 fully saturated rings. The van der Waals surface area contributed by atoms with Crippen molar-refractivity contribution >= 4 is 43.6 Å². The Morgan fingerprint density at radius 2 is 1.82 bits per heavy atom. The average molecular weight is 484 g/mol. The molecular formula is C24H25N3O4S2. The largest absolute Gasteiger partial charge is 0.379 e. The number of amides is 1. The van der Waals surface area contributed by atoms with Gasteiger partial charge in [0, 0.05) is 25.7 Å². The molecule has 0 N–H and O–H groups in total. The second kappa shape index (κ2) is 9.34. The Labute approximate surface area is 197 Å². The zero-order valence-corrected chi connectivity index (χ0v) is 19.7. The molecule has 5 rings (SSSR count). The van der Waals surface area contributed by atoms with Crippen molar-refractivity contribution in [3.8, 4) is 0 Å². The maximum absolute atomic E-state index is 13.0. The summed E-state index contributed by atoms with van der Waals surface area (Å²) in [5.74, 6) is -0.0539. The molecule has 1 unspecified atom stereocenters. The van der Waals surface area contributed by atoms with Crippen molar-refractivity contribution in [3.05, 3.63) is 65.2 Å². The molecule has 3 aromatic rings. The van der Waals surface area contributed by atoms with Crippen molar-refractivity contribution in [2.45, 2.75) is 23.8 Å². The minimum Gasteiger partial charge on any atom is -0.379 e. The van der Waals surface area contributed by atoms with E-state index in [2.05, 4.69) is 6.07 Å². The van der Waals surface area contributed by atoms with Crippen molar-refractivity contribution < 1.29 is 17.9 Å². The number of aromatic nitrogens is 1. The first-order valence-corrected chi connectivity index (χ1v) is 13.3. The summed E-state index contributed by atoms with van der Waals surface area (Å²) >= 11 is 1.65. The van der Waals surface area contributed by atoms with Gasteiger partial charge in [0.05, 0.1) is 34.4 Å². The van der Waals surface area contributed by atoms with Crippen LogP contribution >= 0.6 is 11.3 Å². The molecule has 2 aliphatic rings. The maximum atomic E-state index is 13.0. The number of fused-ring (bicyclic) bond motifs is 1. The van der Waals surface area contributed by atoms with Gasteiger partial charge in [-0.15, -0.1) is 11.3 Å². The molecule has 1 amide bonds. The molecule has 33 heavy (non-hydrogen) atoms. The van der Waals surface area contributed by atoms with Gasteiger partial charge in [-0.2, -0.15) is 4.31 Å². The van der Waals surface area contributed by atoms with Crippen LogP contribution in [0.5, 0.6) is 0 Å². The first-order chi connectivity index (χ1) is 16.0. The summed E-state index contributed by atoms with van der Waals surface area (Å²) in [5.41, 5.74) is 1.75. The van der Waals surface area contributed by atoms with E-state index in [0.29, 0.717) is 32.8 Å². The van der Waals surface area contributed by atoms with Gasteiger partial charge >= 0.3 is 0 Å². The molecule has 9 heteroatoms. The highest BCUT2D eigenvalue weighted by Gasteiger charge is 2.31. The number of thiazole rings is 1. The number of carbonyl (C=O) groups is 1. The Morgan fingerprint density at radius 1 is 1.06 bits per heavy atom. The molecule has 0 saturated carbocycles. The number of ether oxygens (including phenoxy) is 1. The quantitative estimate of drug-likeness (QED) is 0.517. The number of hydrogen-bond acceptors (Lipinski definition) is 6. The molecule has 2 aliphatic heterocycles. The SMILES string of the molecule is O=C(/C=C/c1ccc(S(=O)(=O)N2CCOCC2)cc1)N1CCCC1c1nc2ccccc2s1. The minimum absolute atomic E-state index is 0.000548. The van der Waals surface area contributed by atoms with Gasteiger partial charge in [-0.25, -0.2) is 13.4 Å². The third-order valence-electron chi connectivity index (χ3n) is 6.04. The van der Waals surface area contributed by atoms with Crippen LogP contribution in [0.25, 0.3) is 16.3 Å². The average Bonchev–Trinajstić information content (AvgIpc) is 3.50. The number of nitrogens with zero attached hydrogens (tertiary/aromatic N) is 3. The van der Waals surface area contributed by atoms with Gasteiger partial charge < -0.3 is 9.64 Å². The van der Waals surface area contributed by atoms with Crippen molar-refractivity contribution in [1.82, 2.24) is 14.2 Å². The first kappa shape index (κ1) is 22.2. The molecule has 0 bridgehead atoms. The molecule has 0 aliphatic carbocycles. The highest BCUT2D eigenvalue weighted by molar-refractivity contribution is 7.89. The van der Waals surface area contributed by atoms with E-state index in [0.717, 1.165) is 33.6 Å². The Balaban J connectivity index is 1.28. The molecule has 2 aromatic carbocycles. The van der Waals surface area contributed by atoms with Gasteiger partial charge in [0.2, 0.25) is 15.9 Å². The minimum atomic E-state index is -3.52. The lowest BCUT2D eigenvalue weighted by atomic mass is 10.2. The Morgan fingerprint density at radius 3 is 2.58 bits per heavy atom. The number of para-hydroxylation sites is 1. The van der Waals surface area contributed by atoms with E-state index in [1.807, 2.05) is 23.1 Å². The lowest BCUT2D eigenvalue weighted by molar-refractivity contribution is -0.126. The Kier molecular flexibility index (Phi) is 6.29. The number of benzene rings is 2. The van der Waals surface area contributed by atoms with Crippen LogP contribution in [0.15, 0.2) is 59.5 Å². The fourth-order valence-electron chi connectivity index (χ4n) is 4.27. The summed E-state index contributed by atoms with van der Waals surface area (Å²) in [6.45, 7) is 2.27. The van der Waals surface area contributed by atoms with Crippen LogP contribution in [0.2, 0.25) is 0 Å². The van der Waals surface area contributed by atoms with E-state index in [4.69, 9.17) is 9.72 Å². The smallest absolute Gasteiger partial charge is 0.247 e. The highest BCUT2D eigenvalue weighted by Crippen LogP contribution is 2.36. The monoisotopic (exact) mass is 483 g/mol. The molecule has 1 atom stereocenters. The molecule has 172 valence electrons. The predicted octanol–water partition coefficient (Wildman–Crippen LogP) is 3.69. The van der Waals surface area contributed by atoms with Crippen LogP contribution in [0, 0.1) is 0 Å². The van der Waals surface area contributed by atoms with Crippen LogP contribution in [-0.4, -0.2) is 61.4 Å². The number of likely N-dealkylation sites (tertiary alicyclic amines) is 1. The zero-order valence-electron chi connectivity index (χ0n) is 18.1. The van der Waals surface area contributed by atoms with Gasteiger partial charge in [-0.3, -0.25) is 4.79 Å². The fourth-order valence-corrected chi connectivity index (χ4v) is 6.79. The molecule has 1 aromatic heterocycles. The van der Waals surface area contributed by atoms with Crippen molar-refractivity contribution in [1.29, 1.82) is 0 Å². The number of rotatable bonds is 5. The summed E-state index contributed by atoms with van der Waals surface area (Å²) in [6.07, 6.45) is 5.17. The Bertz CT molecular complexity index is 1250. The lowest BCUT2D eigenvalue weighted by Crippen LogP contribution is -2.40. The summed E-state index contributed by atoms with van der Waals surface area (Å²) in [7, 11) is -3.52. The second-order valence-electron chi connectivity index (χ2n) is 8.13. The van der Waals surface area contributed by atoms with Crippen LogP contribution in [-0.2, 0) is 19.6 Å². The second-order valence-corrected chi connectivity index (χ2v) is 11.1. The number of hydrogen-bond donors (Lipinski definition) is 0. The molecule has 3 heterocycles. The molecule has 0 spiro atoms. The van der Waals surface area contributed by atoms with Gasteiger partial charge in [0.1, 0.15) is 5.01 Å². The third kappa shape index (κ3) is 4.59. The summed E-state index contributed by atoms with van der Waals surface area (Å²) in [4.78, 5) is 19.8. The topological polar surface area (TPSA) is 79.8 Å². The number of carbonyl (C=O) groups excluding carboxylic acids is 1. The van der Waals surface area contributed by atoms with Crippen LogP contribution < -0.4 is 0 Å². The summed E-state index contributed by atoms with van der Waals surface area (Å²) < 4.78 is 33.3. The van der Waals surface area contributed by atoms with Gasteiger partial charge in [0.25, 0.3) is 0 Å². The van der Waals surface area contributed by atoms with Crippen LogP contribution in [0.1, 0.15) is 29.5 Å². The zero-order chi connectivity index (χ0) is 22.8. The van der Waals surface area contributed by atoms with E-state index in [1.165, 1.54) is 4.31 Å². The van der Waals surface area contributed by atoms with E-state index in [9.17, 15) is 13.2 Å². The molecular weight excluding hydrogens is 458 g/mol. The van der Waals surface area contributed by atoms with Crippen molar-refractivity contribution in [3.63, 3.8) is 0 Å². The van der Waals surface area contributed by atoms with Crippen LogP contribution in [0.4, 0.5) is 0 Å². The normalized spacial score (nSPS) is 20.1. The molecule has 2 saturated heterocycles. The van der Waals surface area contributed by atoms with Gasteiger partial charge in [-0.1, -0.05) is 24.3 Å². The van der Waals surface area contributed by atoms with Gasteiger partial charge in [0.15, 0.2) is 0 Å². The van der Waals surface area contributed by atoms with E-state index in [-0.39, 0.29) is 16.8 Å². The summed E-state index contributed by atoms with van der Waals surface area (Å²) in [5, 5.41) is 0.980. The van der Waals surface area contributed by atoms with E-state index >= 15 is 0 Å². The van der Waals surface area contributed by atoms with Gasteiger partial charge in [-0.05, 0) is 48.7 Å². The highest BCUT2D eigenvalue weighted by atomic mass is 32.2. The number of sulfonamides is 1. The molecule has 7 nitrogen and oxygen atoms in total. The maximum Gasteiger partial charge on any atom is 0.247 e. The standard InChI is InChI=1S/C24H25N3O4S2/c28-23(27-13-3-5-21(27)24-25-20-4-1-2-6-22(20)32-24)12-9-18-7-10-19(11-8-18)33(29,30)26-14-16-31-17-15-26/h1-2,4,6-12,21H,3,5,13-17H2/b12-9+. The summed E-state index contributed by atoms with van der Waals surface area (Å²) in [6, 6.07) is 14.7. The van der Waals surface area contributed by atoms with Crippen molar-refractivity contribution in [2.75, 3.05) is 32.8 Å². The van der Waals surface area contributed by atoms with E-state index < -0.39 is 10.0 Å². The van der Waals surface area contributed by atoms with E-state index in [1.54, 1.807) is 47.8 Å². The molecule has 0 radical (unpaired) electrons. The van der Waals surface area contributed by atoms with Crippen molar-refractivity contribution in [2.24, 2.45) is 0 Å². The fraction of sp³-hybridized carbons (Fsp3) is 0.333. The predicted molar refractivity (Wildman–Crippen MR) is 128 cm³/mol.